The summed E-state index contributed by atoms with van der Waals surface area (Å²) >= 11 is 2.98. The van der Waals surface area contributed by atoms with E-state index in [9.17, 15) is 9.59 Å². The second kappa shape index (κ2) is 8.18. The molecule has 148 valence electrons. The number of para-hydroxylation sites is 1. The van der Waals surface area contributed by atoms with Crippen LogP contribution in [0.15, 0.2) is 54.6 Å². The third kappa shape index (κ3) is 3.81. The highest BCUT2D eigenvalue weighted by Gasteiger charge is 2.39. The number of ether oxygens (including phenoxy) is 2. The molecule has 0 aliphatic heterocycles. The van der Waals surface area contributed by atoms with Crippen molar-refractivity contribution < 1.29 is 19.1 Å². The van der Waals surface area contributed by atoms with Crippen LogP contribution in [0.25, 0.3) is 20.3 Å². The number of nitrogens with zero attached hydrogens (tertiary/aromatic N) is 1. The lowest BCUT2D eigenvalue weighted by molar-refractivity contribution is -0.159. The molecule has 2 aromatic heterocycles. The average Bonchev–Trinajstić information content (AvgIpc) is 3.36. The van der Waals surface area contributed by atoms with E-state index in [1.165, 1.54) is 36.9 Å². The predicted molar refractivity (Wildman–Crippen MR) is 115 cm³/mol. The lowest BCUT2D eigenvalue weighted by Crippen LogP contribution is -2.35. The normalized spacial score (nSPS) is 12.2. The Labute approximate surface area is 175 Å². The number of thiophene rings is 1. The maximum absolute atomic E-state index is 12.5. The van der Waals surface area contributed by atoms with E-state index in [1.54, 1.807) is 0 Å². The zero-order valence-electron chi connectivity index (χ0n) is 15.7. The van der Waals surface area contributed by atoms with Gasteiger partial charge in [-0.3, -0.25) is 9.59 Å². The minimum atomic E-state index is -1.16. The summed E-state index contributed by atoms with van der Waals surface area (Å²) in [5, 5.41) is 4.95. The lowest BCUT2D eigenvalue weighted by Gasteiger charge is -2.23. The summed E-state index contributed by atoms with van der Waals surface area (Å²) in [4.78, 5) is 30.5. The average molecular weight is 427 g/mol. The maximum atomic E-state index is 12.5. The monoisotopic (exact) mass is 426 g/mol. The molecule has 4 rings (SSSR count). The van der Waals surface area contributed by atoms with Gasteiger partial charge in [-0.2, -0.15) is 0 Å². The van der Waals surface area contributed by atoms with Crippen LogP contribution in [0.4, 0.5) is 5.13 Å². The van der Waals surface area contributed by atoms with Crippen LogP contribution in [0.3, 0.4) is 0 Å². The third-order valence-corrected chi connectivity index (χ3v) is 6.73. The molecule has 0 saturated carbocycles. The summed E-state index contributed by atoms with van der Waals surface area (Å²) in [5.74, 6) is -2.48. The minimum Gasteiger partial charge on any atom is -0.468 e. The van der Waals surface area contributed by atoms with Crippen molar-refractivity contribution in [2.24, 2.45) is 5.92 Å². The van der Waals surface area contributed by atoms with E-state index < -0.39 is 23.9 Å². The molecule has 4 aromatic rings. The smallest absolute Gasteiger partial charge is 0.322 e. The standard InChI is InChI=1S/C21H18N2O4S2/c1-26-19(24)17(20(25)27-2)18(16-11-12-7-3-5-9-14(12)28-16)23-21-22-13-8-4-6-10-15(13)29-21/h3-11,17-18H,1-2H3,(H,22,23)/t18-/m0/s1. The van der Waals surface area contributed by atoms with Gasteiger partial charge in [0.1, 0.15) is 0 Å². The predicted octanol–water partition coefficient (Wildman–Crippen LogP) is 4.63. The Morgan fingerprint density at radius 3 is 2.24 bits per heavy atom. The Hall–Kier alpha value is -2.97. The molecule has 0 unspecified atom stereocenters. The molecule has 2 aromatic carbocycles. The van der Waals surface area contributed by atoms with Crippen molar-refractivity contribution in [1.82, 2.24) is 4.98 Å². The summed E-state index contributed by atoms with van der Waals surface area (Å²) in [5.41, 5.74) is 0.850. The van der Waals surface area contributed by atoms with Gasteiger partial charge in [0.15, 0.2) is 11.0 Å². The third-order valence-electron chi connectivity index (χ3n) is 4.57. The number of anilines is 1. The molecule has 0 bridgehead atoms. The highest BCUT2D eigenvalue weighted by atomic mass is 32.1. The zero-order valence-corrected chi connectivity index (χ0v) is 17.4. The Morgan fingerprint density at radius 1 is 0.931 bits per heavy atom. The largest absolute Gasteiger partial charge is 0.468 e. The summed E-state index contributed by atoms with van der Waals surface area (Å²) in [7, 11) is 2.52. The number of fused-ring (bicyclic) bond motifs is 2. The van der Waals surface area contributed by atoms with Crippen LogP contribution in [0.5, 0.6) is 0 Å². The second-order valence-electron chi connectivity index (χ2n) is 6.32. The second-order valence-corrected chi connectivity index (χ2v) is 8.47. The molecule has 0 amide bonds. The van der Waals surface area contributed by atoms with Gasteiger partial charge >= 0.3 is 11.9 Å². The van der Waals surface area contributed by atoms with Gasteiger partial charge in [0, 0.05) is 9.58 Å². The summed E-state index contributed by atoms with van der Waals surface area (Å²) in [6, 6.07) is 17.0. The fraction of sp³-hybridized carbons (Fsp3) is 0.190. The van der Waals surface area contributed by atoms with E-state index in [1.807, 2.05) is 54.6 Å². The number of nitrogens with one attached hydrogen (secondary N) is 1. The Kier molecular flexibility index (Phi) is 5.46. The van der Waals surface area contributed by atoms with Crippen molar-refractivity contribution >= 4 is 60.0 Å². The number of benzene rings is 2. The van der Waals surface area contributed by atoms with Gasteiger partial charge < -0.3 is 14.8 Å². The lowest BCUT2D eigenvalue weighted by atomic mass is 9.98. The number of carbonyl (C=O) groups is 2. The van der Waals surface area contributed by atoms with Crippen LogP contribution in [0.2, 0.25) is 0 Å². The SMILES string of the molecule is COC(=O)C(C(=O)OC)[C@@H](Nc1nc2ccccc2s1)c1cc2ccccc2s1. The number of rotatable bonds is 6. The first kappa shape index (κ1) is 19.4. The van der Waals surface area contributed by atoms with Crippen molar-refractivity contribution in [3.05, 3.63) is 59.5 Å². The van der Waals surface area contributed by atoms with Crippen molar-refractivity contribution in [1.29, 1.82) is 0 Å². The van der Waals surface area contributed by atoms with E-state index in [-0.39, 0.29) is 0 Å². The van der Waals surface area contributed by atoms with Gasteiger partial charge in [0.25, 0.3) is 0 Å². The molecule has 29 heavy (non-hydrogen) atoms. The fourth-order valence-corrected chi connectivity index (χ4v) is 5.22. The highest BCUT2D eigenvalue weighted by molar-refractivity contribution is 7.22. The van der Waals surface area contributed by atoms with E-state index >= 15 is 0 Å². The van der Waals surface area contributed by atoms with Crippen molar-refractivity contribution in [3.63, 3.8) is 0 Å². The van der Waals surface area contributed by atoms with Crippen molar-refractivity contribution in [2.45, 2.75) is 6.04 Å². The Bertz CT molecular complexity index is 1100. The molecule has 8 heteroatoms. The van der Waals surface area contributed by atoms with Crippen LogP contribution in [-0.2, 0) is 19.1 Å². The molecule has 0 saturated heterocycles. The van der Waals surface area contributed by atoms with E-state index in [0.29, 0.717) is 5.13 Å². The number of hydrogen-bond acceptors (Lipinski definition) is 8. The summed E-state index contributed by atoms with van der Waals surface area (Å²) < 4.78 is 11.9. The van der Waals surface area contributed by atoms with Gasteiger partial charge in [-0.1, -0.05) is 41.7 Å². The van der Waals surface area contributed by atoms with Crippen LogP contribution >= 0.6 is 22.7 Å². The molecule has 0 aliphatic carbocycles. The van der Waals surface area contributed by atoms with Crippen molar-refractivity contribution in [2.75, 3.05) is 19.5 Å². The molecule has 1 N–H and O–H groups in total. The molecular formula is C21H18N2O4S2. The van der Waals surface area contributed by atoms with Crippen LogP contribution in [0.1, 0.15) is 10.9 Å². The van der Waals surface area contributed by atoms with Crippen molar-refractivity contribution in [3.8, 4) is 0 Å². The fourth-order valence-electron chi connectivity index (χ4n) is 3.16. The molecule has 2 heterocycles. The van der Waals surface area contributed by atoms with E-state index in [2.05, 4.69) is 10.3 Å². The topological polar surface area (TPSA) is 77.5 Å². The molecule has 0 radical (unpaired) electrons. The first-order valence-electron chi connectivity index (χ1n) is 8.87. The zero-order chi connectivity index (χ0) is 20.4. The number of esters is 2. The van der Waals surface area contributed by atoms with Crippen LogP contribution < -0.4 is 5.32 Å². The van der Waals surface area contributed by atoms with Gasteiger partial charge in [-0.15, -0.1) is 11.3 Å². The molecule has 0 aliphatic rings. The van der Waals surface area contributed by atoms with E-state index in [4.69, 9.17) is 9.47 Å². The number of methoxy groups -OCH3 is 2. The highest BCUT2D eigenvalue weighted by Crippen LogP contribution is 2.38. The molecular weight excluding hydrogens is 408 g/mol. The number of aromatic nitrogens is 1. The number of carbonyl (C=O) groups excluding carboxylic acids is 2. The quantitative estimate of drug-likeness (QED) is 0.358. The Balaban J connectivity index is 1.80. The molecule has 0 spiro atoms. The first-order chi connectivity index (χ1) is 14.1. The van der Waals surface area contributed by atoms with Gasteiger partial charge in [-0.25, -0.2) is 4.98 Å². The van der Waals surface area contributed by atoms with Crippen LogP contribution in [-0.4, -0.2) is 31.1 Å². The van der Waals surface area contributed by atoms with Gasteiger partial charge in [0.05, 0.1) is 30.5 Å². The summed E-state index contributed by atoms with van der Waals surface area (Å²) in [6.07, 6.45) is 0. The molecule has 0 fully saturated rings. The number of hydrogen-bond donors (Lipinski definition) is 1. The number of thiazole rings is 1. The molecule has 1 atom stereocenters. The minimum absolute atomic E-state index is 0.617. The Morgan fingerprint density at radius 2 is 1.59 bits per heavy atom. The molecule has 6 nitrogen and oxygen atoms in total. The summed E-state index contributed by atoms with van der Waals surface area (Å²) in [6.45, 7) is 0. The maximum Gasteiger partial charge on any atom is 0.322 e. The van der Waals surface area contributed by atoms with E-state index in [0.717, 1.165) is 25.2 Å². The van der Waals surface area contributed by atoms with Gasteiger partial charge in [0.2, 0.25) is 0 Å². The van der Waals surface area contributed by atoms with Gasteiger partial charge in [-0.05, 0) is 29.7 Å². The first-order valence-corrected chi connectivity index (χ1v) is 10.5. The van der Waals surface area contributed by atoms with Crippen LogP contribution in [0, 0.1) is 5.92 Å².